The Kier molecular flexibility index (Phi) is 4.26. The van der Waals surface area contributed by atoms with Gasteiger partial charge in [-0.25, -0.2) is 4.79 Å². The number of methoxy groups -OCH3 is 1. The van der Waals surface area contributed by atoms with Gasteiger partial charge in [0.1, 0.15) is 0 Å². The molecule has 0 spiro atoms. The van der Waals surface area contributed by atoms with Gasteiger partial charge in [-0.15, -0.1) is 0 Å². The van der Waals surface area contributed by atoms with Crippen LogP contribution in [0, 0.1) is 0 Å². The van der Waals surface area contributed by atoms with Crippen molar-refractivity contribution in [2.45, 2.75) is 0 Å². The summed E-state index contributed by atoms with van der Waals surface area (Å²) in [5, 5.41) is 12.7. The zero-order valence-electron chi connectivity index (χ0n) is 13.0. The number of carbonyl (C=O) groups is 2. The van der Waals surface area contributed by atoms with Crippen molar-refractivity contribution in [2.24, 2.45) is 0 Å². The average Bonchev–Trinajstić information content (AvgIpc) is 2.65. The lowest BCUT2D eigenvalue weighted by molar-refractivity contribution is 0.0595. The normalized spacial score (nSPS) is 10.4. The number of anilines is 1. The third-order valence-corrected chi connectivity index (χ3v) is 3.73. The van der Waals surface area contributed by atoms with Crippen molar-refractivity contribution in [3.05, 3.63) is 77.9 Å². The van der Waals surface area contributed by atoms with Gasteiger partial charge in [0.2, 0.25) is 0 Å². The number of nitrogens with zero attached hydrogens (tertiary/aromatic N) is 1. The van der Waals surface area contributed by atoms with Gasteiger partial charge >= 0.3 is 5.97 Å². The van der Waals surface area contributed by atoms with Gasteiger partial charge in [0, 0.05) is 0 Å². The van der Waals surface area contributed by atoms with Gasteiger partial charge in [-0.05, 0) is 35.0 Å². The minimum Gasteiger partial charge on any atom is -0.465 e. The number of fused-ring (bicyclic) bond motifs is 1. The molecule has 3 rings (SSSR count). The van der Waals surface area contributed by atoms with Crippen LogP contribution in [-0.2, 0) is 4.74 Å². The summed E-state index contributed by atoms with van der Waals surface area (Å²) in [6.07, 6.45) is 0. The zero-order valence-corrected chi connectivity index (χ0v) is 13.0. The molecular formula is C19H15NO4. The first-order chi connectivity index (χ1) is 11.6. The fraction of sp³-hybridized carbons (Fsp3) is 0.0526. The third kappa shape index (κ3) is 2.85. The molecule has 0 atom stereocenters. The standard InChI is InChI=1S/C19H15NO4/c1-24-19(22)17-9-5-4-8-16(17)18(21)20(23)15-11-10-13-6-2-3-7-14(13)12-15/h2-12,23H,1H3. The summed E-state index contributed by atoms with van der Waals surface area (Å²) in [7, 11) is 1.24. The average molecular weight is 321 g/mol. The first kappa shape index (κ1) is 15.7. The van der Waals surface area contributed by atoms with Crippen LogP contribution in [0.3, 0.4) is 0 Å². The molecule has 0 unspecified atom stereocenters. The summed E-state index contributed by atoms with van der Waals surface area (Å²) in [6, 6.07) is 19.0. The Balaban J connectivity index is 1.98. The summed E-state index contributed by atoms with van der Waals surface area (Å²) in [5.74, 6) is -1.34. The van der Waals surface area contributed by atoms with Crippen LogP contribution in [-0.4, -0.2) is 24.2 Å². The number of hydrogen-bond donors (Lipinski definition) is 1. The fourth-order valence-electron chi connectivity index (χ4n) is 2.50. The number of ether oxygens (including phenoxy) is 1. The SMILES string of the molecule is COC(=O)c1ccccc1C(=O)N(O)c1ccc2ccccc2c1. The van der Waals surface area contributed by atoms with Crippen LogP contribution in [0.2, 0.25) is 0 Å². The largest absolute Gasteiger partial charge is 0.465 e. The number of carbonyl (C=O) groups excluding carboxylic acids is 2. The van der Waals surface area contributed by atoms with Crippen molar-refractivity contribution >= 4 is 28.3 Å². The number of amides is 1. The lowest BCUT2D eigenvalue weighted by Crippen LogP contribution is -2.28. The molecular weight excluding hydrogens is 306 g/mol. The number of rotatable bonds is 3. The molecule has 120 valence electrons. The van der Waals surface area contributed by atoms with Crippen LogP contribution >= 0.6 is 0 Å². The van der Waals surface area contributed by atoms with Crippen LogP contribution < -0.4 is 5.06 Å². The summed E-state index contributed by atoms with van der Waals surface area (Å²) in [5.41, 5.74) is 0.489. The summed E-state index contributed by atoms with van der Waals surface area (Å²) in [4.78, 5) is 24.4. The quantitative estimate of drug-likeness (QED) is 0.454. The second-order valence-electron chi connectivity index (χ2n) is 5.19. The molecule has 0 saturated carbocycles. The van der Waals surface area contributed by atoms with Crippen molar-refractivity contribution in [1.29, 1.82) is 0 Å². The second-order valence-corrected chi connectivity index (χ2v) is 5.19. The number of hydroxylamine groups is 1. The Morgan fingerprint density at radius 1 is 0.875 bits per heavy atom. The lowest BCUT2D eigenvalue weighted by Gasteiger charge is -2.17. The topological polar surface area (TPSA) is 66.8 Å². The van der Waals surface area contributed by atoms with E-state index < -0.39 is 11.9 Å². The molecule has 0 aromatic heterocycles. The molecule has 24 heavy (non-hydrogen) atoms. The summed E-state index contributed by atoms with van der Waals surface area (Å²) >= 11 is 0. The van der Waals surface area contributed by atoms with E-state index in [9.17, 15) is 14.8 Å². The monoisotopic (exact) mass is 321 g/mol. The number of benzene rings is 3. The van der Waals surface area contributed by atoms with E-state index in [-0.39, 0.29) is 11.1 Å². The maximum absolute atomic E-state index is 12.6. The third-order valence-electron chi connectivity index (χ3n) is 3.73. The highest BCUT2D eigenvalue weighted by molar-refractivity contribution is 6.11. The Morgan fingerprint density at radius 2 is 1.50 bits per heavy atom. The van der Waals surface area contributed by atoms with E-state index in [1.165, 1.54) is 19.2 Å². The Hall–Kier alpha value is -3.18. The van der Waals surface area contributed by atoms with E-state index in [1.807, 2.05) is 30.3 Å². The van der Waals surface area contributed by atoms with E-state index in [0.717, 1.165) is 10.8 Å². The van der Waals surface area contributed by atoms with Crippen LogP contribution in [0.4, 0.5) is 5.69 Å². The smallest absolute Gasteiger partial charge is 0.338 e. The highest BCUT2D eigenvalue weighted by atomic mass is 16.5. The molecule has 3 aromatic rings. The molecule has 0 aliphatic carbocycles. The van der Waals surface area contributed by atoms with E-state index >= 15 is 0 Å². The van der Waals surface area contributed by atoms with Gasteiger partial charge in [0.25, 0.3) is 5.91 Å². The van der Waals surface area contributed by atoms with Crippen molar-refractivity contribution < 1.29 is 19.5 Å². The van der Waals surface area contributed by atoms with Crippen molar-refractivity contribution in [2.75, 3.05) is 12.2 Å². The van der Waals surface area contributed by atoms with Gasteiger partial charge in [-0.3, -0.25) is 10.0 Å². The summed E-state index contributed by atoms with van der Waals surface area (Å²) in [6.45, 7) is 0. The number of hydrogen-bond acceptors (Lipinski definition) is 4. The molecule has 5 heteroatoms. The molecule has 0 bridgehead atoms. The van der Waals surface area contributed by atoms with E-state index in [2.05, 4.69) is 4.74 Å². The fourth-order valence-corrected chi connectivity index (χ4v) is 2.50. The Morgan fingerprint density at radius 3 is 2.21 bits per heavy atom. The Labute approximate surface area is 138 Å². The minimum absolute atomic E-state index is 0.0695. The van der Waals surface area contributed by atoms with Crippen LogP contribution in [0.25, 0.3) is 10.8 Å². The lowest BCUT2D eigenvalue weighted by atomic mass is 10.1. The maximum atomic E-state index is 12.6. The number of esters is 1. The highest BCUT2D eigenvalue weighted by Gasteiger charge is 2.22. The molecule has 0 aliphatic rings. The Bertz CT molecular complexity index is 920. The maximum Gasteiger partial charge on any atom is 0.338 e. The molecule has 0 fully saturated rings. The first-order valence-corrected chi connectivity index (χ1v) is 7.31. The molecule has 5 nitrogen and oxygen atoms in total. The molecule has 0 heterocycles. The van der Waals surface area contributed by atoms with Crippen LogP contribution in [0.1, 0.15) is 20.7 Å². The van der Waals surface area contributed by atoms with Gasteiger partial charge in [0.05, 0.1) is 23.9 Å². The second kappa shape index (κ2) is 6.52. The predicted octanol–water partition coefficient (Wildman–Crippen LogP) is 3.66. The molecule has 0 aliphatic heterocycles. The molecule has 0 saturated heterocycles. The van der Waals surface area contributed by atoms with Crippen LogP contribution in [0.15, 0.2) is 66.7 Å². The first-order valence-electron chi connectivity index (χ1n) is 7.31. The van der Waals surface area contributed by atoms with E-state index in [4.69, 9.17) is 0 Å². The van der Waals surface area contributed by atoms with E-state index in [0.29, 0.717) is 10.8 Å². The molecule has 0 radical (unpaired) electrons. The van der Waals surface area contributed by atoms with Crippen molar-refractivity contribution in [3.63, 3.8) is 0 Å². The van der Waals surface area contributed by atoms with Crippen molar-refractivity contribution in [1.82, 2.24) is 0 Å². The summed E-state index contributed by atoms with van der Waals surface area (Å²) < 4.78 is 4.68. The zero-order chi connectivity index (χ0) is 17.1. The van der Waals surface area contributed by atoms with Gasteiger partial charge in [0.15, 0.2) is 0 Å². The predicted molar refractivity (Wildman–Crippen MR) is 90.3 cm³/mol. The van der Waals surface area contributed by atoms with E-state index in [1.54, 1.807) is 24.3 Å². The van der Waals surface area contributed by atoms with Crippen molar-refractivity contribution in [3.8, 4) is 0 Å². The minimum atomic E-state index is -0.703. The molecule has 1 N–H and O–H groups in total. The van der Waals surface area contributed by atoms with Crippen LogP contribution in [0.5, 0.6) is 0 Å². The van der Waals surface area contributed by atoms with Gasteiger partial charge in [-0.1, -0.05) is 42.5 Å². The molecule has 3 aromatic carbocycles. The van der Waals surface area contributed by atoms with Gasteiger partial charge in [-0.2, -0.15) is 5.06 Å². The molecule has 1 amide bonds. The van der Waals surface area contributed by atoms with Gasteiger partial charge < -0.3 is 4.74 Å². The highest BCUT2D eigenvalue weighted by Crippen LogP contribution is 2.23.